The van der Waals surface area contributed by atoms with Crippen LogP contribution in [0.5, 0.6) is 0 Å². The Balaban J connectivity index is 1.72. The highest BCUT2D eigenvalue weighted by molar-refractivity contribution is 7.16. The third kappa shape index (κ3) is 4.03. The third-order valence-electron chi connectivity index (χ3n) is 5.07. The van der Waals surface area contributed by atoms with Gasteiger partial charge >= 0.3 is 0 Å². The van der Waals surface area contributed by atoms with Gasteiger partial charge in [-0.2, -0.15) is 0 Å². The molecular formula is C22H23FN2O2S. The lowest BCUT2D eigenvalue weighted by Gasteiger charge is -2.35. The van der Waals surface area contributed by atoms with E-state index in [2.05, 4.69) is 16.3 Å². The first-order valence-electron chi connectivity index (χ1n) is 9.56. The molecule has 1 saturated heterocycles. The fourth-order valence-electron chi connectivity index (χ4n) is 3.85. The van der Waals surface area contributed by atoms with E-state index in [0.29, 0.717) is 0 Å². The molecule has 1 amide bonds. The Hall–Kier alpha value is -2.44. The topological polar surface area (TPSA) is 45.5 Å². The monoisotopic (exact) mass is 398 g/mol. The fraction of sp³-hybridized carbons (Fsp3) is 0.318. The number of amides is 1. The minimum absolute atomic E-state index is 0.0900. The lowest BCUT2D eigenvalue weighted by Crippen LogP contribution is -2.34. The molecule has 1 aliphatic rings. The Labute approximate surface area is 168 Å². The summed E-state index contributed by atoms with van der Waals surface area (Å²) in [6.45, 7) is 3.94. The Morgan fingerprint density at radius 2 is 2.00 bits per heavy atom. The van der Waals surface area contributed by atoms with Crippen molar-refractivity contribution in [2.75, 3.05) is 18.4 Å². The fourth-order valence-corrected chi connectivity index (χ4v) is 4.79. The van der Waals surface area contributed by atoms with Crippen LogP contribution in [-0.2, 0) is 0 Å². The predicted octanol–water partition coefficient (Wildman–Crippen LogP) is 5.62. The van der Waals surface area contributed by atoms with E-state index < -0.39 is 0 Å². The normalized spacial score (nSPS) is 16.1. The van der Waals surface area contributed by atoms with Crippen LogP contribution in [0.1, 0.15) is 51.9 Å². The van der Waals surface area contributed by atoms with Gasteiger partial charge in [-0.3, -0.25) is 9.69 Å². The zero-order valence-corrected chi connectivity index (χ0v) is 16.6. The summed E-state index contributed by atoms with van der Waals surface area (Å²) < 4.78 is 19.2. The lowest BCUT2D eigenvalue weighted by atomic mass is 9.96. The second kappa shape index (κ2) is 8.29. The maximum Gasteiger partial charge on any atom is 0.291 e. The highest BCUT2D eigenvalue weighted by atomic mass is 32.1. The predicted molar refractivity (Wildman–Crippen MR) is 109 cm³/mol. The molecule has 0 bridgehead atoms. The number of anilines is 1. The Morgan fingerprint density at radius 1 is 1.18 bits per heavy atom. The summed E-state index contributed by atoms with van der Waals surface area (Å²) in [7, 11) is 0. The maximum absolute atomic E-state index is 14.0. The molecule has 4 rings (SSSR count). The molecule has 0 unspecified atom stereocenters. The molecule has 0 saturated carbocycles. The summed E-state index contributed by atoms with van der Waals surface area (Å²) in [5.41, 5.74) is 1.92. The van der Waals surface area contributed by atoms with Crippen molar-refractivity contribution in [3.63, 3.8) is 0 Å². The minimum Gasteiger partial charge on any atom is -0.459 e. The van der Waals surface area contributed by atoms with Crippen LogP contribution in [0, 0.1) is 12.7 Å². The number of hydrogen-bond acceptors (Lipinski definition) is 4. The van der Waals surface area contributed by atoms with Gasteiger partial charge in [0.25, 0.3) is 5.91 Å². The molecule has 3 aromatic rings. The van der Waals surface area contributed by atoms with Crippen LogP contribution >= 0.6 is 11.3 Å². The van der Waals surface area contributed by atoms with Crippen molar-refractivity contribution in [2.24, 2.45) is 0 Å². The quantitative estimate of drug-likeness (QED) is 0.607. The average Bonchev–Trinajstić information content (AvgIpc) is 3.34. The van der Waals surface area contributed by atoms with Gasteiger partial charge in [-0.25, -0.2) is 4.39 Å². The molecule has 0 aliphatic carbocycles. The molecule has 4 nitrogen and oxygen atoms in total. The van der Waals surface area contributed by atoms with E-state index in [1.807, 2.05) is 13.0 Å². The number of piperidine rings is 1. The van der Waals surface area contributed by atoms with Crippen molar-refractivity contribution in [3.05, 3.63) is 76.3 Å². The number of rotatable bonds is 5. The molecule has 1 aliphatic heterocycles. The van der Waals surface area contributed by atoms with Crippen LogP contribution in [-0.4, -0.2) is 23.9 Å². The number of likely N-dealkylation sites (tertiary alicyclic amines) is 1. The van der Waals surface area contributed by atoms with Crippen molar-refractivity contribution in [2.45, 2.75) is 32.2 Å². The minimum atomic E-state index is -0.273. The average molecular weight is 399 g/mol. The van der Waals surface area contributed by atoms with Crippen LogP contribution in [0.15, 0.2) is 53.1 Å². The number of furan rings is 1. The standard InChI is InChI=1S/C22H23FN2O2S/c1-15-13-18(22(28-15)24-21(26)19-9-6-12-27-19)20(25-10-3-2-4-11-25)16-7-5-8-17(23)14-16/h5-9,12-14,20H,2-4,10-11H2,1H3,(H,24,26)/t20-/m0/s1. The van der Waals surface area contributed by atoms with E-state index in [9.17, 15) is 9.18 Å². The summed E-state index contributed by atoms with van der Waals surface area (Å²) in [6.07, 6.45) is 4.96. The summed E-state index contributed by atoms with van der Waals surface area (Å²) in [4.78, 5) is 16.0. The van der Waals surface area contributed by atoms with Gasteiger partial charge in [0.05, 0.1) is 12.3 Å². The number of benzene rings is 1. The van der Waals surface area contributed by atoms with Gasteiger partial charge in [0, 0.05) is 10.4 Å². The molecule has 0 spiro atoms. The Bertz CT molecular complexity index is 945. The van der Waals surface area contributed by atoms with Crippen molar-refractivity contribution in [1.82, 2.24) is 4.90 Å². The van der Waals surface area contributed by atoms with Crippen molar-refractivity contribution >= 4 is 22.2 Å². The first-order valence-corrected chi connectivity index (χ1v) is 10.4. The smallest absolute Gasteiger partial charge is 0.291 e. The van der Waals surface area contributed by atoms with E-state index in [-0.39, 0.29) is 23.5 Å². The number of nitrogens with one attached hydrogen (secondary N) is 1. The number of halogens is 1. The van der Waals surface area contributed by atoms with Crippen LogP contribution in [0.2, 0.25) is 0 Å². The first kappa shape index (κ1) is 18.9. The third-order valence-corrected chi connectivity index (χ3v) is 6.05. The molecule has 1 fully saturated rings. The van der Waals surface area contributed by atoms with E-state index >= 15 is 0 Å². The molecule has 146 valence electrons. The SMILES string of the molecule is Cc1cc([C@H](c2cccc(F)c2)N2CCCCC2)c(NC(=O)c2ccco2)s1. The van der Waals surface area contributed by atoms with Gasteiger partial charge < -0.3 is 9.73 Å². The second-order valence-corrected chi connectivity index (χ2v) is 8.38. The molecule has 28 heavy (non-hydrogen) atoms. The van der Waals surface area contributed by atoms with Crippen LogP contribution in [0.25, 0.3) is 0 Å². The Kier molecular flexibility index (Phi) is 5.59. The highest BCUT2D eigenvalue weighted by Crippen LogP contribution is 2.40. The molecule has 2 aromatic heterocycles. The molecular weight excluding hydrogens is 375 g/mol. The first-order chi connectivity index (χ1) is 13.6. The Morgan fingerprint density at radius 3 is 2.71 bits per heavy atom. The number of hydrogen-bond donors (Lipinski definition) is 1. The van der Waals surface area contributed by atoms with Crippen LogP contribution in [0.4, 0.5) is 9.39 Å². The van der Waals surface area contributed by atoms with Gasteiger partial charge in [-0.1, -0.05) is 18.6 Å². The largest absolute Gasteiger partial charge is 0.459 e. The van der Waals surface area contributed by atoms with Crippen molar-refractivity contribution in [1.29, 1.82) is 0 Å². The molecule has 1 N–H and O–H groups in total. The van der Waals surface area contributed by atoms with Crippen molar-refractivity contribution in [3.8, 4) is 0 Å². The molecule has 0 radical (unpaired) electrons. The number of carbonyl (C=O) groups excluding carboxylic acids is 1. The van der Waals surface area contributed by atoms with Gasteiger partial charge in [-0.15, -0.1) is 11.3 Å². The van der Waals surface area contributed by atoms with Crippen LogP contribution in [0.3, 0.4) is 0 Å². The summed E-state index contributed by atoms with van der Waals surface area (Å²) in [6, 6.07) is 12.1. The summed E-state index contributed by atoms with van der Waals surface area (Å²) >= 11 is 1.54. The number of aryl methyl sites for hydroxylation is 1. The zero-order chi connectivity index (χ0) is 19.5. The molecule has 6 heteroatoms. The van der Waals surface area contributed by atoms with Crippen LogP contribution < -0.4 is 5.32 Å². The van der Waals surface area contributed by atoms with E-state index in [1.165, 1.54) is 30.1 Å². The number of carbonyl (C=O) groups is 1. The van der Waals surface area contributed by atoms with Gasteiger partial charge in [0.1, 0.15) is 10.8 Å². The van der Waals surface area contributed by atoms with E-state index in [0.717, 1.165) is 46.9 Å². The number of thiophene rings is 1. The lowest BCUT2D eigenvalue weighted by molar-refractivity contribution is 0.0996. The molecule has 1 aromatic carbocycles. The number of nitrogens with zero attached hydrogens (tertiary/aromatic N) is 1. The summed E-state index contributed by atoms with van der Waals surface area (Å²) in [5, 5.41) is 3.79. The maximum atomic E-state index is 14.0. The van der Waals surface area contributed by atoms with Gasteiger partial charge in [0.2, 0.25) is 0 Å². The van der Waals surface area contributed by atoms with E-state index in [4.69, 9.17) is 4.42 Å². The van der Waals surface area contributed by atoms with E-state index in [1.54, 1.807) is 24.3 Å². The highest BCUT2D eigenvalue weighted by Gasteiger charge is 2.28. The van der Waals surface area contributed by atoms with Crippen molar-refractivity contribution < 1.29 is 13.6 Å². The molecule has 3 heterocycles. The second-order valence-electron chi connectivity index (χ2n) is 7.13. The zero-order valence-electron chi connectivity index (χ0n) is 15.8. The van der Waals surface area contributed by atoms with Gasteiger partial charge in [-0.05, 0) is 68.8 Å². The molecule has 1 atom stereocenters. The van der Waals surface area contributed by atoms with Gasteiger partial charge in [0.15, 0.2) is 5.76 Å². The summed E-state index contributed by atoms with van der Waals surface area (Å²) in [5.74, 6) is -0.241.